The van der Waals surface area contributed by atoms with Gasteiger partial charge in [0, 0.05) is 38.1 Å². The first-order chi connectivity index (χ1) is 18.5. The van der Waals surface area contributed by atoms with E-state index in [9.17, 15) is 14.4 Å². The number of morpholine rings is 1. The SMILES string of the molecule is O=C(NCc1cccc(N2CCOCC2)c1)c1cn2c(C(=O)NCC3=CCC(C(=O)O)C=C3)cccc2n1. The van der Waals surface area contributed by atoms with E-state index >= 15 is 0 Å². The first-order valence-corrected chi connectivity index (χ1v) is 12.5. The average molecular weight is 516 g/mol. The van der Waals surface area contributed by atoms with Crippen LogP contribution in [-0.2, 0) is 16.1 Å². The number of carboxylic acids is 1. The molecular formula is C28H29N5O5. The van der Waals surface area contributed by atoms with Crippen LogP contribution in [0.25, 0.3) is 5.65 Å². The third kappa shape index (κ3) is 5.76. The molecule has 0 bridgehead atoms. The number of anilines is 1. The van der Waals surface area contributed by atoms with Crippen LogP contribution in [0.15, 0.2) is 72.5 Å². The summed E-state index contributed by atoms with van der Waals surface area (Å²) in [5, 5.41) is 14.9. The molecule has 10 heteroatoms. The lowest BCUT2D eigenvalue weighted by molar-refractivity contribution is -0.139. The molecule has 1 saturated heterocycles. The Morgan fingerprint density at radius 1 is 1.03 bits per heavy atom. The first kappa shape index (κ1) is 25.2. The van der Waals surface area contributed by atoms with Gasteiger partial charge in [0.15, 0.2) is 0 Å². The van der Waals surface area contributed by atoms with Gasteiger partial charge in [-0.25, -0.2) is 4.98 Å². The Hall–Kier alpha value is -4.44. The summed E-state index contributed by atoms with van der Waals surface area (Å²) in [7, 11) is 0. The molecule has 38 heavy (non-hydrogen) atoms. The summed E-state index contributed by atoms with van der Waals surface area (Å²) in [6.07, 6.45) is 7.12. The molecule has 1 unspecified atom stereocenters. The minimum absolute atomic E-state index is 0.215. The first-order valence-electron chi connectivity index (χ1n) is 12.5. The number of ether oxygens (including phenoxy) is 1. The van der Waals surface area contributed by atoms with Crippen LogP contribution in [0, 0.1) is 5.92 Å². The van der Waals surface area contributed by atoms with Gasteiger partial charge in [-0.05, 0) is 41.8 Å². The Balaban J connectivity index is 1.22. The van der Waals surface area contributed by atoms with Crippen molar-refractivity contribution in [2.45, 2.75) is 13.0 Å². The Morgan fingerprint density at radius 2 is 1.82 bits per heavy atom. The van der Waals surface area contributed by atoms with Crippen LogP contribution in [0.1, 0.15) is 33.0 Å². The fraction of sp³-hybridized carbons (Fsp3) is 0.286. The van der Waals surface area contributed by atoms with E-state index in [2.05, 4.69) is 32.7 Å². The summed E-state index contributed by atoms with van der Waals surface area (Å²) in [5.41, 5.74) is 3.96. The molecule has 2 aromatic heterocycles. The lowest BCUT2D eigenvalue weighted by Gasteiger charge is -2.29. The molecule has 1 atom stereocenters. The van der Waals surface area contributed by atoms with Crippen molar-refractivity contribution in [1.29, 1.82) is 0 Å². The molecule has 0 saturated carbocycles. The highest BCUT2D eigenvalue weighted by molar-refractivity contribution is 5.95. The predicted molar refractivity (Wildman–Crippen MR) is 141 cm³/mol. The molecule has 2 aliphatic rings. The van der Waals surface area contributed by atoms with E-state index in [0.717, 1.165) is 29.9 Å². The van der Waals surface area contributed by atoms with Crippen LogP contribution in [0.5, 0.6) is 0 Å². The number of benzene rings is 1. The van der Waals surface area contributed by atoms with Crippen LogP contribution in [0.2, 0.25) is 0 Å². The van der Waals surface area contributed by atoms with Crippen molar-refractivity contribution in [2.24, 2.45) is 5.92 Å². The van der Waals surface area contributed by atoms with E-state index in [1.165, 1.54) is 0 Å². The summed E-state index contributed by atoms with van der Waals surface area (Å²) in [5.74, 6) is -2.06. The third-order valence-electron chi connectivity index (χ3n) is 6.64. The normalized spacial score (nSPS) is 17.2. The van der Waals surface area contributed by atoms with Crippen LogP contribution < -0.4 is 15.5 Å². The number of nitrogens with zero attached hydrogens (tertiary/aromatic N) is 3. The zero-order valence-electron chi connectivity index (χ0n) is 20.8. The van der Waals surface area contributed by atoms with Crippen LogP contribution in [0.4, 0.5) is 5.69 Å². The van der Waals surface area contributed by atoms with Gasteiger partial charge in [0.1, 0.15) is 17.0 Å². The Labute approximate surface area is 219 Å². The second-order valence-corrected chi connectivity index (χ2v) is 9.22. The molecule has 10 nitrogen and oxygen atoms in total. The second kappa shape index (κ2) is 11.3. The van der Waals surface area contributed by atoms with Crippen LogP contribution >= 0.6 is 0 Å². The van der Waals surface area contributed by atoms with E-state index in [-0.39, 0.29) is 24.1 Å². The minimum atomic E-state index is -0.867. The number of rotatable bonds is 8. The summed E-state index contributed by atoms with van der Waals surface area (Å²) in [4.78, 5) is 43.5. The number of imidazole rings is 1. The van der Waals surface area contributed by atoms with Crippen molar-refractivity contribution in [3.8, 4) is 0 Å². The summed E-state index contributed by atoms with van der Waals surface area (Å²) in [6.45, 7) is 3.71. The number of carboxylic acid groups (broad SMARTS) is 1. The smallest absolute Gasteiger partial charge is 0.310 e. The third-order valence-corrected chi connectivity index (χ3v) is 6.64. The lowest BCUT2D eigenvalue weighted by Crippen LogP contribution is -2.36. The van der Waals surface area contributed by atoms with Gasteiger partial charge >= 0.3 is 5.97 Å². The maximum atomic E-state index is 12.9. The Kier molecular flexibility index (Phi) is 7.50. The highest BCUT2D eigenvalue weighted by Gasteiger charge is 2.18. The predicted octanol–water partition coefficient (Wildman–Crippen LogP) is 2.42. The largest absolute Gasteiger partial charge is 0.481 e. The number of aliphatic carboxylic acids is 1. The minimum Gasteiger partial charge on any atom is -0.481 e. The highest BCUT2D eigenvalue weighted by Crippen LogP contribution is 2.18. The van der Waals surface area contributed by atoms with Gasteiger partial charge in [-0.3, -0.25) is 18.8 Å². The van der Waals surface area contributed by atoms with Crippen molar-refractivity contribution in [2.75, 3.05) is 37.7 Å². The van der Waals surface area contributed by atoms with Gasteiger partial charge in [-0.2, -0.15) is 0 Å². The quantitative estimate of drug-likeness (QED) is 0.421. The van der Waals surface area contributed by atoms with Gasteiger partial charge in [-0.15, -0.1) is 0 Å². The number of carbonyl (C=O) groups excluding carboxylic acids is 2. The van der Waals surface area contributed by atoms with Crippen LogP contribution in [0.3, 0.4) is 0 Å². The average Bonchev–Trinajstić information content (AvgIpc) is 3.40. The molecule has 196 valence electrons. The van der Waals surface area contributed by atoms with Gasteiger partial charge < -0.3 is 25.4 Å². The highest BCUT2D eigenvalue weighted by atomic mass is 16.5. The van der Waals surface area contributed by atoms with Gasteiger partial charge in [0.05, 0.1) is 19.1 Å². The number of amides is 2. The topological polar surface area (TPSA) is 125 Å². The number of aromatic nitrogens is 2. The number of pyridine rings is 1. The zero-order chi connectivity index (χ0) is 26.5. The van der Waals surface area contributed by atoms with Crippen molar-refractivity contribution in [1.82, 2.24) is 20.0 Å². The van der Waals surface area contributed by atoms with E-state index in [1.807, 2.05) is 18.2 Å². The molecule has 3 heterocycles. The number of nitrogens with one attached hydrogen (secondary N) is 2. The molecule has 0 spiro atoms. The van der Waals surface area contributed by atoms with E-state index in [0.29, 0.717) is 37.5 Å². The van der Waals surface area contributed by atoms with E-state index in [4.69, 9.17) is 9.84 Å². The fourth-order valence-corrected chi connectivity index (χ4v) is 4.51. The van der Waals surface area contributed by atoms with Crippen molar-refractivity contribution in [3.63, 3.8) is 0 Å². The lowest BCUT2D eigenvalue weighted by atomic mass is 9.97. The maximum Gasteiger partial charge on any atom is 0.310 e. The number of hydrogen-bond acceptors (Lipinski definition) is 6. The standard InChI is InChI=1S/C28H29N5O5/c34-26(29-17-20-3-1-4-22(15-20)32-11-13-38-14-12-32)23-18-33-24(5-2-6-25(33)31-23)27(35)30-16-19-7-9-21(10-8-19)28(36)37/h1-9,15,18,21H,10-14,16-17H2,(H,29,34)(H,30,35)(H,36,37). The Bertz CT molecular complexity index is 1420. The molecule has 1 aliphatic heterocycles. The molecule has 1 aliphatic carbocycles. The summed E-state index contributed by atoms with van der Waals surface area (Å²) < 4.78 is 7.02. The number of allylic oxidation sites excluding steroid dienone is 1. The molecule has 5 rings (SSSR count). The second-order valence-electron chi connectivity index (χ2n) is 9.22. The maximum absolute atomic E-state index is 12.9. The summed E-state index contributed by atoms with van der Waals surface area (Å²) >= 11 is 0. The summed E-state index contributed by atoms with van der Waals surface area (Å²) in [6, 6.07) is 13.2. The molecule has 1 aromatic carbocycles. The zero-order valence-corrected chi connectivity index (χ0v) is 20.8. The Morgan fingerprint density at radius 3 is 2.58 bits per heavy atom. The van der Waals surface area contributed by atoms with Crippen LogP contribution in [-0.4, -0.2) is 65.1 Å². The fourth-order valence-electron chi connectivity index (χ4n) is 4.51. The monoisotopic (exact) mass is 515 g/mol. The van der Waals surface area contributed by atoms with Crippen molar-refractivity contribution < 1.29 is 24.2 Å². The number of fused-ring (bicyclic) bond motifs is 1. The van der Waals surface area contributed by atoms with Crippen molar-refractivity contribution >= 4 is 29.1 Å². The van der Waals surface area contributed by atoms with Gasteiger partial charge in [0.2, 0.25) is 0 Å². The molecule has 3 N–H and O–H groups in total. The number of carbonyl (C=O) groups is 3. The molecule has 2 amide bonds. The van der Waals surface area contributed by atoms with E-state index in [1.54, 1.807) is 40.9 Å². The van der Waals surface area contributed by atoms with E-state index < -0.39 is 11.9 Å². The van der Waals surface area contributed by atoms with Crippen molar-refractivity contribution in [3.05, 3.63) is 89.4 Å². The molecule has 0 radical (unpaired) electrons. The number of hydrogen-bond donors (Lipinski definition) is 3. The molecule has 1 fully saturated rings. The van der Waals surface area contributed by atoms with Gasteiger partial charge in [0.25, 0.3) is 11.8 Å². The van der Waals surface area contributed by atoms with Gasteiger partial charge in [-0.1, -0.05) is 36.4 Å². The molecular weight excluding hydrogens is 486 g/mol. The molecule has 3 aromatic rings.